The highest BCUT2D eigenvalue weighted by molar-refractivity contribution is 7.92. The van der Waals surface area contributed by atoms with Gasteiger partial charge in [0, 0.05) is 19.1 Å². The van der Waals surface area contributed by atoms with Gasteiger partial charge >= 0.3 is 0 Å². The number of anilines is 2. The number of hydrogen-bond acceptors (Lipinski definition) is 5. The summed E-state index contributed by atoms with van der Waals surface area (Å²) in [7, 11) is -0.294. The summed E-state index contributed by atoms with van der Waals surface area (Å²) < 4.78 is 26.9. The van der Waals surface area contributed by atoms with E-state index in [9.17, 15) is 8.42 Å². The van der Waals surface area contributed by atoms with Gasteiger partial charge in [0.15, 0.2) is 0 Å². The molecule has 1 N–H and O–H groups in total. The molecule has 6 nitrogen and oxygen atoms in total. The third kappa shape index (κ3) is 3.75. The van der Waals surface area contributed by atoms with Gasteiger partial charge in [-0.3, -0.25) is 4.72 Å². The Morgan fingerprint density at radius 2 is 1.76 bits per heavy atom. The maximum absolute atomic E-state index is 12.3. The number of rotatable bonds is 4. The molecule has 1 heterocycles. The molecule has 0 bridgehead atoms. The molecular weight excluding hydrogens is 335 g/mol. The molecule has 9 heteroatoms. The van der Waals surface area contributed by atoms with Crippen molar-refractivity contribution in [2.75, 3.05) is 23.7 Å². The topological polar surface area (TPSA) is 75.2 Å². The quantitative estimate of drug-likeness (QED) is 0.920. The molecule has 0 radical (unpaired) electrons. The third-order valence-electron chi connectivity index (χ3n) is 2.47. The van der Waals surface area contributed by atoms with Crippen LogP contribution in [0.15, 0.2) is 35.5 Å². The minimum absolute atomic E-state index is 0.0812. The Hall–Kier alpha value is -1.57. The van der Waals surface area contributed by atoms with Crippen molar-refractivity contribution in [1.82, 2.24) is 9.97 Å². The van der Waals surface area contributed by atoms with Crippen molar-refractivity contribution in [3.63, 3.8) is 0 Å². The number of nitrogens with zero attached hydrogens (tertiary/aromatic N) is 3. The number of aromatic nitrogens is 2. The summed E-state index contributed by atoms with van der Waals surface area (Å²) in [5, 5.41) is 0.358. The number of sulfonamides is 1. The minimum atomic E-state index is -3.86. The number of benzene rings is 1. The van der Waals surface area contributed by atoms with Crippen LogP contribution in [0.1, 0.15) is 0 Å². The first-order chi connectivity index (χ1) is 9.79. The van der Waals surface area contributed by atoms with Crippen LogP contribution in [0.2, 0.25) is 10.0 Å². The fourth-order valence-electron chi connectivity index (χ4n) is 1.50. The summed E-state index contributed by atoms with van der Waals surface area (Å²) in [5.41, 5.74) is 0.233. The van der Waals surface area contributed by atoms with Crippen LogP contribution in [0.4, 0.5) is 11.6 Å². The predicted octanol–water partition coefficient (Wildman–Crippen LogP) is 2.65. The SMILES string of the molecule is CN(C)c1ncc(NS(=O)(=O)c2cc(Cl)ccc2Cl)cn1. The molecule has 0 amide bonds. The van der Waals surface area contributed by atoms with Crippen molar-refractivity contribution in [3.05, 3.63) is 40.6 Å². The Labute approximate surface area is 132 Å². The average molecular weight is 347 g/mol. The van der Waals surface area contributed by atoms with E-state index in [0.29, 0.717) is 5.95 Å². The summed E-state index contributed by atoms with van der Waals surface area (Å²) in [6, 6.07) is 4.21. The highest BCUT2D eigenvalue weighted by atomic mass is 35.5. The zero-order chi connectivity index (χ0) is 15.6. The lowest BCUT2D eigenvalue weighted by molar-refractivity contribution is 0.601. The minimum Gasteiger partial charge on any atom is -0.347 e. The van der Waals surface area contributed by atoms with Crippen molar-refractivity contribution in [1.29, 1.82) is 0 Å². The van der Waals surface area contributed by atoms with E-state index in [-0.39, 0.29) is 20.6 Å². The van der Waals surface area contributed by atoms with Gasteiger partial charge in [0.1, 0.15) is 4.90 Å². The maximum Gasteiger partial charge on any atom is 0.263 e. The molecule has 2 aromatic rings. The average Bonchev–Trinajstić information content (AvgIpc) is 2.41. The molecule has 0 fully saturated rings. The number of nitrogens with one attached hydrogen (secondary N) is 1. The first kappa shape index (κ1) is 15.8. The van der Waals surface area contributed by atoms with E-state index in [0.717, 1.165) is 0 Å². The number of halogens is 2. The molecule has 0 saturated carbocycles. The van der Waals surface area contributed by atoms with E-state index in [1.807, 2.05) is 0 Å². The predicted molar refractivity (Wildman–Crippen MR) is 83.6 cm³/mol. The Kier molecular flexibility index (Phi) is 4.55. The summed E-state index contributed by atoms with van der Waals surface area (Å²) in [6.45, 7) is 0. The zero-order valence-electron chi connectivity index (χ0n) is 11.2. The molecule has 1 aromatic heterocycles. The molecular formula is C12H12Cl2N4O2S. The second-order valence-corrected chi connectivity index (χ2v) is 6.84. The van der Waals surface area contributed by atoms with Crippen LogP contribution >= 0.6 is 23.2 Å². The first-order valence-electron chi connectivity index (χ1n) is 5.77. The number of hydrogen-bond donors (Lipinski definition) is 1. The van der Waals surface area contributed by atoms with Gasteiger partial charge in [-0.1, -0.05) is 23.2 Å². The molecule has 0 atom stereocenters. The van der Waals surface area contributed by atoms with Crippen LogP contribution in [0, 0.1) is 0 Å². The van der Waals surface area contributed by atoms with Crippen molar-refractivity contribution in [3.8, 4) is 0 Å². The summed E-state index contributed by atoms with van der Waals surface area (Å²) in [4.78, 5) is 9.65. The van der Waals surface area contributed by atoms with Gasteiger partial charge in [-0.25, -0.2) is 18.4 Å². The molecule has 0 aliphatic heterocycles. The molecule has 1 aromatic carbocycles. The standard InChI is InChI=1S/C12H12Cl2N4O2S/c1-18(2)12-15-6-9(7-16-12)17-21(19,20)11-5-8(13)3-4-10(11)14/h3-7,17H,1-2H3. The third-order valence-corrected chi connectivity index (χ3v) is 4.57. The molecule has 0 unspecified atom stereocenters. The van der Waals surface area contributed by atoms with Crippen LogP contribution in [-0.2, 0) is 10.0 Å². The van der Waals surface area contributed by atoms with E-state index >= 15 is 0 Å². The Balaban J connectivity index is 2.31. The van der Waals surface area contributed by atoms with Crippen molar-refractivity contribution in [2.24, 2.45) is 0 Å². The lowest BCUT2D eigenvalue weighted by Crippen LogP contribution is -2.16. The smallest absolute Gasteiger partial charge is 0.263 e. The van der Waals surface area contributed by atoms with Crippen LogP contribution in [0.3, 0.4) is 0 Å². The van der Waals surface area contributed by atoms with E-state index in [1.165, 1.54) is 30.6 Å². The maximum atomic E-state index is 12.3. The van der Waals surface area contributed by atoms with Crippen molar-refractivity contribution in [2.45, 2.75) is 4.90 Å². The fourth-order valence-corrected chi connectivity index (χ4v) is 3.29. The van der Waals surface area contributed by atoms with Crippen LogP contribution in [0.5, 0.6) is 0 Å². The van der Waals surface area contributed by atoms with Gasteiger partial charge in [-0.05, 0) is 18.2 Å². The van der Waals surface area contributed by atoms with E-state index in [2.05, 4.69) is 14.7 Å². The van der Waals surface area contributed by atoms with Gasteiger partial charge in [0.25, 0.3) is 10.0 Å². The van der Waals surface area contributed by atoms with E-state index in [4.69, 9.17) is 23.2 Å². The fraction of sp³-hybridized carbons (Fsp3) is 0.167. The Bertz CT molecular complexity index is 748. The van der Waals surface area contributed by atoms with Crippen LogP contribution in [0.25, 0.3) is 0 Å². The second-order valence-electron chi connectivity index (χ2n) is 4.35. The summed E-state index contributed by atoms with van der Waals surface area (Å²) in [5.74, 6) is 0.471. The molecule has 21 heavy (non-hydrogen) atoms. The molecule has 0 aliphatic carbocycles. The summed E-state index contributed by atoms with van der Waals surface area (Å²) in [6.07, 6.45) is 2.75. The summed E-state index contributed by atoms with van der Waals surface area (Å²) >= 11 is 11.7. The molecule has 0 saturated heterocycles. The van der Waals surface area contributed by atoms with Crippen molar-refractivity contribution < 1.29 is 8.42 Å². The lowest BCUT2D eigenvalue weighted by atomic mass is 10.4. The zero-order valence-corrected chi connectivity index (χ0v) is 13.5. The monoisotopic (exact) mass is 346 g/mol. The normalized spacial score (nSPS) is 11.2. The van der Waals surface area contributed by atoms with E-state index < -0.39 is 10.0 Å². The Morgan fingerprint density at radius 1 is 1.14 bits per heavy atom. The molecule has 0 spiro atoms. The first-order valence-corrected chi connectivity index (χ1v) is 8.01. The van der Waals surface area contributed by atoms with Crippen LogP contribution < -0.4 is 9.62 Å². The highest BCUT2D eigenvalue weighted by Gasteiger charge is 2.19. The van der Waals surface area contributed by atoms with Gasteiger partial charge in [-0.15, -0.1) is 0 Å². The molecule has 112 valence electrons. The van der Waals surface area contributed by atoms with Crippen molar-refractivity contribution >= 4 is 44.9 Å². The van der Waals surface area contributed by atoms with Gasteiger partial charge < -0.3 is 4.90 Å². The second kappa shape index (κ2) is 6.05. The van der Waals surface area contributed by atoms with Gasteiger partial charge in [0.2, 0.25) is 5.95 Å². The highest BCUT2D eigenvalue weighted by Crippen LogP contribution is 2.26. The largest absolute Gasteiger partial charge is 0.347 e. The van der Waals surface area contributed by atoms with Crippen LogP contribution in [-0.4, -0.2) is 32.5 Å². The molecule has 2 rings (SSSR count). The lowest BCUT2D eigenvalue weighted by Gasteiger charge is -2.12. The van der Waals surface area contributed by atoms with Gasteiger partial charge in [-0.2, -0.15) is 0 Å². The Morgan fingerprint density at radius 3 is 2.33 bits per heavy atom. The molecule has 0 aliphatic rings. The van der Waals surface area contributed by atoms with E-state index in [1.54, 1.807) is 19.0 Å². The van der Waals surface area contributed by atoms with Gasteiger partial charge in [0.05, 0.1) is 23.1 Å².